The molecular weight excluding hydrogens is 138 g/mol. The van der Waals surface area contributed by atoms with E-state index < -0.39 is 0 Å². The molecule has 0 aromatic rings. The molecule has 0 aromatic carbocycles. The van der Waals surface area contributed by atoms with Gasteiger partial charge in [0.2, 0.25) is 0 Å². The number of hydrogen-bond acceptors (Lipinski definition) is 2. The molecule has 2 heteroatoms. The molecule has 0 aliphatic carbocycles. The van der Waals surface area contributed by atoms with Gasteiger partial charge in [-0.25, -0.2) is 0 Å². The molecule has 0 rings (SSSR count). The second kappa shape index (κ2) is 5.35. The zero-order valence-corrected chi connectivity index (χ0v) is 6.58. The molecular formula is C9H11NO. The summed E-state index contributed by atoms with van der Waals surface area (Å²) in [6.07, 6.45) is 6.07. The van der Waals surface area contributed by atoms with Gasteiger partial charge in [0.15, 0.2) is 5.78 Å². The van der Waals surface area contributed by atoms with Crippen LogP contribution in [0.15, 0.2) is 42.1 Å². The number of carbonyl (C=O) groups is 1. The molecule has 0 unspecified atom stereocenters. The first-order valence-electron chi connectivity index (χ1n) is 3.21. The van der Waals surface area contributed by atoms with E-state index in [4.69, 9.17) is 0 Å². The molecule has 0 saturated carbocycles. The van der Waals surface area contributed by atoms with E-state index in [0.29, 0.717) is 5.70 Å². The maximum atomic E-state index is 10.8. The lowest BCUT2D eigenvalue weighted by molar-refractivity contribution is -0.113. The van der Waals surface area contributed by atoms with Crippen LogP contribution >= 0.6 is 0 Å². The summed E-state index contributed by atoms with van der Waals surface area (Å²) in [5, 5.41) is 0. The summed E-state index contributed by atoms with van der Waals surface area (Å²) in [5.41, 5.74) is 0.389. The minimum absolute atomic E-state index is 0.0806. The highest BCUT2D eigenvalue weighted by Gasteiger charge is 1.96. The van der Waals surface area contributed by atoms with Gasteiger partial charge in [-0.15, -0.1) is 0 Å². The third kappa shape index (κ3) is 4.03. The van der Waals surface area contributed by atoms with E-state index in [2.05, 4.69) is 18.2 Å². The molecule has 58 valence electrons. The normalized spacial score (nSPS) is 11.5. The van der Waals surface area contributed by atoms with Crippen LogP contribution in [0, 0.1) is 0 Å². The lowest BCUT2D eigenvalue weighted by atomic mass is 10.3. The second-order valence-electron chi connectivity index (χ2n) is 1.86. The first-order chi connectivity index (χ1) is 5.22. The Labute approximate surface area is 66.6 Å². The highest BCUT2D eigenvalue weighted by atomic mass is 16.1. The van der Waals surface area contributed by atoms with Crippen molar-refractivity contribution in [3.63, 3.8) is 0 Å². The predicted molar refractivity (Wildman–Crippen MR) is 47.7 cm³/mol. The smallest absolute Gasteiger partial charge is 0.178 e. The monoisotopic (exact) mass is 149 g/mol. The van der Waals surface area contributed by atoms with Gasteiger partial charge in [0.25, 0.3) is 0 Å². The first-order valence-corrected chi connectivity index (χ1v) is 3.21. The lowest BCUT2D eigenvalue weighted by Gasteiger charge is -1.90. The standard InChI is InChI=1S/C9H11NO/c1-4-6-9(8(3)11)10-7-5-2/h4-7H,1-2H2,3H3/b9-6-,10-7-. The third-order valence-corrected chi connectivity index (χ3v) is 0.955. The predicted octanol–water partition coefficient (Wildman–Crippen LogP) is 1.90. The van der Waals surface area contributed by atoms with Gasteiger partial charge in [-0.05, 0) is 6.08 Å². The van der Waals surface area contributed by atoms with Crippen molar-refractivity contribution in [1.82, 2.24) is 0 Å². The number of aliphatic imine (C=N–C) groups is 1. The highest BCUT2D eigenvalue weighted by Crippen LogP contribution is 1.97. The fourth-order valence-electron chi connectivity index (χ4n) is 0.496. The summed E-state index contributed by atoms with van der Waals surface area (Å²) >= 11 is 0. The number of carbonyl (C=O) groups excluding carboxylic acids is 1. The van der Waals surface area contributed by atoms with Crippen molar-refractivity contribution < 1.29 is 4.79 Å². The summed E-state index contributed by atoms with van der Waals surface area (Å²) in [4.78, 5) is 14.6. The number of Topliss-reactive ketones (excluding diaryl/α,β-unsaturated/α-hetero) is 1. The molecule has 0 radical (unpaired) electrons. The van der Waals surface area contributed by atoms with E-state index in [0.717, 1.165) is 0 Å². The van der Waals surface area contributed by atoms with Crippen LogP contribution in [0.5, 0.6) is 0 Å². The summed E-state index contributed by atoms with van der Waals surface area (Å²) in [7, 11) is 0. The Balaban J connectivity index is 4.47. The Morgan fingerprint density at radius 1 is 1.36 bits per heavy atom. The molecule has 0 aromatic heterocycles. The fourth-order valence-corrected chi connectivity index (χ4v) is 0.496. The van der Waals surface area contributed by atoms with Gasteiger partial charge in [-0.1, -0.05) is 25.3 Å². The van der Waals surface area contributed by atoms with Crippen LogP contribution in [0.25, 0.3) is 0 Å². The third-order valence-electron chi connectivity index (χ3n) is 0.955. The summed E-state index contributed by atoms with van der Waals surface area (Å²) < 4.78 is 0. The van der Waals surface area contributed by atoms with Crippen LogP contribution in [0.2, 0.25) is 0 Å². The molecule has 0 N–H and O–H groups in total. The van der Waals surface area contributed by atoms with Crippen molar-refractivity contribution in [2.45, 2.75) is 6.92 Å². The zero-order chi connectivity index (χ0) is 8.69. The number of rotatable bonds is 4. The van der Waals surface area contributed by atoms with E-state index in [1.807, 2.05) is 0 Å². The van der Waals surface area contributed by atoms with Crippen molar-refractivity contribution in [1.29, 1.82) is 0 Å². The molecule has 0 atom stereocenters. The van der Waals surface area contributed by atoms with Gasteiger partial charge >= 0.3 is 0 Å². The van der Waals surface area contributed by atoms with Crippen LogP contribution < -0.4 is 0 Å². The molecule has 0 amide bonds. The Morgan fingerprint density at radius 2 is 2.00 bits per heavy atom. The van der Waals surface area contributed by atoms with Crippen LogP contribution in [0.1, 0.15) is 6.92 Å². The van der Waals surface area contributed by atoms with Crippen LogP contribution in [0.4, 0.5) is 0 Å². The molecule has 0 fully saturated rings. The van der Waals surface area contributed by atoms with Crippen molar-refractivity contribution in [3.05, 3.63) is 37.1 Å². The molecule has 0 bridgehead atoms. The van der Waals surface area contributed by atoms with Crippen LogP contribution in [-0.2, 0) is 4.79 Å². The Kier molecular flexibility index (Phi) is 4.65. The van der Waals surface area contributed by atoms with Gasteiger partial charge < -0.3 is 0 Å². The van der Waals surface area contributed by atoms with E-state index in [1.165, 1.54) is 25.3 Å². The van der Waals surface area contributed by atoms with Crippen LogP contribution in [-0.4, -0.2) is 12.0 Å². The van der Waals surface area contributed by atoms with Gasteiger partial charge in [0.1, 0.15) is 5.70 Å². The van der Waals surface area contributed by atoms with Crippen LogP contribution in [0.3, 0.4) is 0 Å². The highest BCUT2D eigenvalue weighted by molar-refractivity contribution is 5.95. The number of ketones is 1. The molecule has 0 aliphatic rings. The maximum Gasteiger partial charge on any atom is 0.178 e. The van der Waals surface area contributed by atoms with E-state index in [1.54, 1.807) is 6.08 Å². The average molecular weight is 149 g/mol. The van der Waals surface area contributed by atoms with E-state index in [-0.39, 0.29) is 5.78 Å². The molecule has 2 nitrogen and oxygen atoms in total. The fraction of sp³-hybridized carbons (Fsp3) is 0.111. The van der Waals surface area contributed by atoms with Gasteiger partial charge in [-0.3, -0.25) is 9.79 Å². The zero-order valence-electron chi connectivity index (χ0n) is 6.58. The van der Waals surface area contributed by atoms with Crippen molar-refractivity contribution in [2.24, 2.45) is 4.99 Å². The molecule has 0 heterocycles. The molecule has 0 aliphatic heterocycles. The van der Waals surface area contributed by atoms with Gasteiger partial charge in [-0.2, -0.15) is 0 Å². The minimum atomic E-state index is -0.0806. The van der Waals surface area contributed by atoms with Gasteiger partial charge in [0, 0.05) is 13.1 Å². The quantitative estimate of drug-likeness (QED) is 0.341. The number of nitrogens with zero attached hydrogens (tertiary/aromatic N) is 1. The van der Waals surface area contributed by atoms with Crippen molar-refractivity contribution >= 4 is 12.0 Å². The van der Waals surface area contributed by atoms with Crippen molar-refractivity contribution in [2.75, 3.05) is 0 Å². The summed E-state index contributed by atoms with van der Waals surface area (Å²) in [5.74, 6) is -0.0806. The molecule has 0 spiro atoms. The topological polar surface area (TPSA) is 29.4 Å². The lowest BCUT2D eigenvalue weighted by Crippen LogP contribution is -1.92. The molecule has 11 heavy (non-hydrogen) atoms. The minimum Gasteiger partial charge on any atom is -0.293 e. The Morgan fingerprint density at radius 3 is 2.36 bits per heavy atom. The number of allylic oxidation sites excluding steroid dienone is 4. The summed E-state index contributed by atoms with van der Waals surface area (Å²) in [6.45, 7) is 8.36. The van der Waals surface area contributed by atoms with E-state index >= 15 is 0 Å². The SMILES string of the molecule is C=C/C=N\C(=C/C=C)C(C)=O. The Hall–Kier alpha value is -1.44. The number of hydrogen-bond donors (Lipinski definition) is 0. The maximum absolute atomic E-state index is 10.8. The molecule has 0 saturated heterocycles. The first kappa shape index (κ1) is 9.56. The summed E-state index contributed by atoms with van der Waals surface area (Å²) in [6, 6.07) is 0. The Bertz CT molecular complexity index is 224. The van der Waals surface area contributed by atoms with E-state index in [9.17, 15) is 4.79 Å². The van der Waals surface area contributed by atoms with Gasteiger partial charge in [0.05, 0.1) is 0 Å². The second-order valence-corrected chi connectivity index (χ2v) is 1.86. The van der Waals surface area contributed by atoms with Crippen molar-refractivity contribution in [3.8, 4) is 0 Å². The average Bonchev–Trinajstić information content (AvgIpc) is 1.97. The largest absolute Gasteiger partial charge is 0.293 e.